The molecule has 112 valence electrons. The zero-order chi connectivity index (χ0) is 15.4. The molecule has 6 nitrogen and oxygen atoms in total. The van der Waals surface area contributed by atoms with Crippen molar-refractivity contribution in [1.82, 2.24) is 14.5 Å². The quantitative estimate of drug-likeness (QED) is 0.505. The number of nitrogens with two attached hydrogens (primary N) is 1. The SMILES string of the molecule is NC1=N[C@H](c2c[nH]c3ccccc23)n2c(nc3ccccc32)N1. The van der Waals surface area contributed by atoms with Crippen LogP contribution in [-0.2, 0) is 0 Å². The van der Waals surface area contributed by atoms with Crippen molar-refractivity contribution in [2.45, 2.75) is 6.17 Å². The minimum absolute atomic E-state index is 0.241. The van der Waals surface area contributed by atoms with Crippen molar-refractivity contribution in [2.24, 2.45) is 10.7 Å². The largest absolute Gasteiger partial charge is 0.370 e. The number of benzene rings is 2. The summed E-state index contributed by atoms with van der Waals surface area (Å²) in [6.07, 6.45) is 1.76. The van der Waals surface area contributed by atoms with Gasteiger partial charge in [-0.1, -0.05) is 30.3 Å². The lowest BCUT2D eigenvalue weighted by atomic mass is 10.1. The number of guanidine groups is 1. The summed E-state index contributed by atoms with van der Waals surface area (Å²) in [4.78, 5) is 12.6. The Bertz CT molecular complexity index is 1070. The molecule has 0 saturated carbocycles. The van der Waals surface area contributed by atoms with E-state index in [1.165, 1.54) is 0 Å². The zero-order valence-electron chi connectivity index (χ0n) is 12.2. The lowest BCUT2D eigenvalue weighted by Gasteiger charge is -2.23. The number of para-hydroxylation sites is 3. The van der Waals surface area contributed by atoms with Gasteiger partial charge in [0, 0.05) is 22.7 Å². The van der Waals surface area contributed by atoms with E-state index >= 15 is 0 Å². The summed E-state index contributed by atoms with van der Waals surface area (Å²) in [5.41, 5.74) is 10.1. The maximum atomic E-state index is 5.99. The topological polar surface area (TPSA) is 84.0 Å². The van der Waals surface area contributed by atoms with Crippen LogP contribution in [0.3, 0.4) is 0 Å². The number of anilines is 1. The highest BCUT2D eigenvalue weighted by Gasteiger charge is 2.26. The van der Waals surface area contributed by atoms with Crippen LogP contribution in [0.4, 0.5) is 5.95 Å². The van der Waals surface area contributed by atoms with Gasteiger partial charge in [-0.2, -0.15) is 0 Å². The van der Waals surface area contributed by atoms with Crippen LogP contribution in [0.15, 0.2) is 59.7 Å². The normalized spacial score (nSPS) is 17.0. The summed E-state index contributed by atoms with van der Waals surface area (Å²) < 4.78 is 2.08. The van der Waals surface area contributed by atoms with Gasteiger partial charge in [-0.15, -0.1) is 0 Å². The predicted molar refractivity (Wildman–Crippen MR) is 91.4 cm³/mol. The van der Waals surface area contributed by atoms with E-state index in [2.05, 4.69) is 37.0 Å². The number of hydrogen-bond acceptors (Lipinski definition) is 4. The van der Waals surface area contributed by atoms with Gasteiger partial charge in [0.15, 0.2) is 12.1 Å². The van der Waals surface area contributed by atoms with Crippen molar-refractivity contribution in [3.05, 3.63) is 60.3 Å². The molecule has 0 unspecified atom stereocenters. The van der Waals surface area contributed by atoms with Crippen molar-refractivity contribution in [3.63, 3.8) is 0 Å². The number of aromatic amines is 1. The number of fused-ring (bicyclic) bond motifs is 4. The first-order valence-corrected chi connectivity index (χ1v) is 7.44. The van der Waals surface area contributed by atoms with Crippen LogP contribution in [0.1, 0.15) is 11.7 Å². The minimum atomic E-state index is -0.241. The molecule has 1 aliphatic heterocycles. The average molecular weight is 302 g/mol. The average Bonchev–Trinajstić information content (AvgIpc) is 3.15. The first kappa shape index (κ1) is 12.3. The summed E-state index contributed by atoms with van der Waals surface area (Å²) in [6.45, 7) is 0. The molecule has 0 bridgehead atoms. The molecule has 3 heterocycles. The minimum Gasteiger partial charge on any atom is -0.370 e. The zero-order valence-corrected chi connectivity index (χ0v) is 12.2. The van der Waals surface area contributed by atoms with Crippen molar-refractivity contribution < 1.29 is 0 Å². The number of H-pyrrole nitrogens is 1. The number of aromatic nitrogens is 3. The Balaban J connectivity index is 1.81. The number of rotatable bonds is 1. The van der Waals surface area contributed by atoms with E-state index in [0.29, 0.717) is 11.9 Å². The molecule has 0 amide bonds. The Labute approximate surface area is 131 Å². The second-order valence-corrected chi connectivity index (χ2v) is 5.60. The van der Waals surface area contributed by atoms with Crippen LogP contribution in [-0.4, -0.2) is 20.5 Å². The fourth-order valence-electron chi connectivity index (χ4n) is 3.23. The van der Waals surface area contributed by atoms with E-state index in [1.807, 2.05) is 42.6 Å². The Morgan fingerprint density at radius 3 is 2.83 bits per heavy atom. The Hall–Kier alpha value is -3.28. The van der Waals surface area contributed by atoms with Gasteiger partial charge in [-0.3, -0.25) is 9.88 Å². The fourth-order valence-corrected chi connectivity index (χ4v) is 3.23. The molecule has 6 heteroatoms. The number of aliphatic imine (C=N–C) groups is 1. The highest BCUT2D eigenvalue weighted by molar-refractivity contribution is 5.95. The second kappa shape index (κ2) is 4.36. The Kier molecular flexibility index (Phi) is 2.33. The van der Waals surface area contributed by atoms with Crippen molar-refractivity contribution in [2.75, 3.05) is 5.32 Å². The highest BCUT2D eigenvalue weighted by Crippen LogP contribution is 2.35. The van der Waals surface area contributed by atoms with Crippen LogP contribution in [0.5, 0.6) is 0 Å². The smallest absolute Gasteiger partial charge is 0.212 e. The Morgan fingerprint density at radius 2 is 1.87 bits per heavy atom. The first-order valence-electron chi connectivity index (χ1n) is 7.44. The molecule has 1 aliphatic rings. The molecule has 0 fully saturated rings. The third-order valence-electron chi connectivity index (χ3n) is 4.24. The number of imidazole rings is 1. The number of nitrogens with zero attached hydrogens (tertiary/aromatic N) is 3. The van der Waals surface area contributed by atoms with Crippen LogP contribution < -0.4 is 11.1 Å². The highest BCUT2D eigenvalue weighted by atomic mass is 15.4. The molecule has 2 aromatic carbocycles. The molecule has 0 spiro atoms. The van der Waals surface area contributed by atoms with Gasteiger partial charge >= 0.3 is 0 Å². The van der Waals surface area contributed by atoms with Crippen molar-refractivity contribution in [3.8, 4) is 0 Å². The van der Waals surface area contributed by atoms with Gasteiger partial charge in [0.25, 0.3) is 0 Å². The molecule has 2 aromatic heterocycles. The lowest BCUT2D eigenvalue weighted by Crippen LogP contribution is -2.31. The summed E-state index contributed by atoms with van der Waals surface area (Å²) in [5.74, 6) is 1.09. The summed E-state index contributed by atoms with van der Waals surface area (Å²) >= 11 is 0. The first-order chi connectivity index (χ1) is 11.3. The van der Waals surface area contributed by atoms with Gasteiger partial charge in [-0.05, 0) is 18.2 Å². The molecule has 1 atom stereocenters. The maximum Gasteiger partial charge on any atom is 0.212 e. The van der Waals surface area contributed by atoms with E-state index in [0.717, 1.165) is 27.5 Å². The lowest BCUT2D eigenvalue weighted by molar-refractivity contribution is 0.630. The van der Waals surface area contributed by atoms with Gasteiger partial charge < -0.3 is 10.7 Å². The summed E-state index contributed by atoms with van der Waals surface area (Å²) in [7, 11) is 0. The molecule has 0 saturated heterocycles. The number of hydrogen-bond donors (Lipinski definition) is 3. The van der Waals surface area contributed by atoms with Gasteiger partial charge in [-0.25, -0.2) is 9.98 Å². The van der Waals surface area contributed by atoms with Gasteiger partial charge in [0.2, 0.25) is 5.95 Å². The summed E-state index contributed by atoms with van der Waals surface area (Å²) in [6, 6.07) is 16.2. The third kappa shape index (κ3) is 1.69. The van der Waals surface area contributed by atoms with E-state index in [4.69, 9.17) is 5.73 Å². The van der Waals surface area contributed by atoms with Crippen molar-refractivity contribution >= 4 is 33.8 Å². The molecular formula is C17H14N6. The molecular weight excluding hydrogens is 288 g/mol. The van der Waals surface area contributed by atoms with Gasteiger partial charge in [0.1, 0.15) is 0 Å². The van der Waals surface area contributed by atoms with E-state index < -0.39 is 0 Å². The predicted octanol–water partition coefficient (Wildman–Crippen LogP) is 2.80. The third-order valence-corrected chi connectivity index (χ3v) is 4.24. The van der Waals surface area contributed by atoms with Crippen LogP contribution in [0, 0.1) is 0 Å². The molecule has 4 N–H and O–H groups in total. The molecule has 4 aromatic rings. The van der Waals surface area contributed by atoms with Crippen LogP contribution >= 0.6 is 0 Å². The van der Waals surface area contributed by atoms with Crippen LogP contribution in [0.2, 0.25) is 0 Å². The standard InChI is InChI=1S/C17H14N6/c18-16-21-15(11-9-19-12-6-2-1-5-10(11)12)23-14-8-4-3-7-13(14)20-17(23)22-16/h1-9,15,19H,(H3,18,20,21,22)/t15-/m0/s1. The number of nitrogens with one attached hydrogen (secondary N) is 2. The fraction of sp³-hybridized carbons (Fsp3) is 0.0588. The summed E-state index contributed by atoms with van der Waals surface area (Å²) in [5, 5.41) is 4.20. The molecule has 5 rings (SSSR count). The van der Waals surface area contributed by atoms with Gasteiger partial charge in [0.05, 0.1) is 11.0 Å². The molecule has 0 radical (unpaired) electrons. The van der Waals surface area contributed by atoms with E-state index in [-0.39, 0.29) is 6.17 Å². The van der Waals surface area contributed by atoms with E-state index in [1.54, 1.807) is 0 Å². The molecule has 23 heavy (non-hydrogen) atoms. The van der Waals surface area contributed by atoms with Crippen molar-refractivity contribution in [1.29, 1.82) is 0 Å². The van der Waals surface area contributed by atoms with Crippen LogP contribution in [0.25, 0.3) is 21.9 Å². The Morgan fingerprint density at radius 1 is 1.04 bits per heavy atom. The maximum absolute atomic E-state index is 5.99. The van der Waals surface area contributed by atoms with E-state index in [9.17, 15) is 0 Å². The monoisotopic (exact) mass is 302 g/mol. The second-order valence-electron chi connectivity index (χ2n) is 5.60. The molecule has 0 aliphatic carbocycles.